The largest absolute Gasteiger partial charge is 0.349 e. The van der Waals surface area contributed by atoms with Crippen molar-refractivity contribution in [3.05, 3.63) is 34.0 Å². The topological polar surface area (TPSA) is 29.1 Å². The highest BCUT2D eigenvalue weighted by molar-refractivity contribution is 7.08. The van der Waals surface area contributed by atoms with Crippen LogP contribution in [0, 0.1) is 6.92 Å². The maximum absolute atomic E-state index is 11.5. The van der Waals surface area contributed by atoms with Gasteiger partial charge in [-0.15, -0.1) is 11.6 Å². The second kappa shape index (κ2) is 5.83. The smallest absolute Gasteiger partial charge is 0.252 e. The average Bonchev–Trinajstić information content (AvgIpc) is 2.59. The first-order valence-corrected chi connectivity index (χ1v) is 5.75. The van der Waals surface area contributed by atoms with Crippen LogP contribution in [0.2, 0.25) is 0 Å². The highest BCUT2D eigenvalue weighted by Crippen LogP contribution is 2.12. The van der Waals surface area contributed by atoms with Crippen molar-refractivity contribution in [1.29, 1.82) is 0 Å². The lowest BCUT2D eigenvalue weighted by atomic mass is 10.2. The number of hydrogen-bond acceptors (Lipinski definition) is 2. The summed E-state index contributed by atoms with van der Waals surface area (Å²) in [6.07, 6.45) is 3.65. The Kier molecular flexibility index (Phi) is 4.70. The van der Waals surface area contributed by atoms with E-state index < -0.39 is 0 Å². The molecule has 1 aromatic heterocycles. The van der Waals surface area contributed by atoms with Gasteiger partial charge < -0.3 is 5.32 Å². The second-order valence-electron chi connectivity index (χ2n) is 2.80. The Morgan fingerprint density at radius 2 is 2.36 bits per heavy atom. The number of thiophene rings is 1. The number of amides is 1. The summed E-state index contributed by atoms with van der Waals surface area (Å²) in [5, 5.41) is 6.60. The number of allylic oxidation sites excluding steroid dienone is 1. The summed E-state index contributed by atoms with van der Waals surface area (Å²) in [6.45, 7) is 2.46. The monoisotopic (exact) mass is 229 g/mol. The van der Waals surface area contributed by atoms with E-state index in [1.165, 1.54) is 11.3 Å². The van der Waals surface area contributed by atoms with Crippen LogP contribution < -0.4 is 5.32 Å². The molecule has 0 unspecified atom stereocenters. The van der Waals surface area contributed by atoms with E-state index in [2.05, 4.69) is 5.32 Å². The number of rotatable bonds is 4. The Labute approximate surface area is 92.6 Å². The van der Waals surface area contributed by atoms with Gasteiger partial charge in [0.05, 0.1) is 5.56 Å². The molecule has 0 saturated carbocycles. The predicted molar refractivity (Wildman–Crippen MR) is 61.2 cm³/mol. The maximum Gasteiger partial charge on any atom is 0.252 e. The van der Waals surface area contributed by atoms with Crippen LogP contribution in [0.1, 0.15) is 15.9 Å². The number of alkyl halides is 1. The fraction of sp³-hybridized carbons (Fsp3) is 0.300. The van der Waals surface area contributed by atoms with Gasteiger partial charge >= 0.3 is 0 Å². The molecule has 0 radical (unpaired) electrons. The third kappa shape index (κ3) is 3.16. The minimum Gasteiger partial charge on any atom is -0.349 e. The molecule has 1 aromatic rings. The Morgan fingerprint density at radius 3 is 2.93 bits per heavy atom. The van der Waals surface area contributed by atoms with E-state index in [0.29, 0.717) is 12.4 Å². The first-order valence-electron chi connectivity index (χ1n) is 4.27. The van der Waals surface area contributed by atoms with Crippen molar-refractivity contribution in [3.8, 4) is 0 Å². The number of carbonyl (C=O) groups excluding carboxylic acids is 1. The van der Waals surface area contributed by atoms with Crippen LogP contribution in [0.25, 0.3) is 0 Å². The quantitative estimate of drug-likeness (QED) is 0.624. The van der Waals surface area contributed by atoms with Crippen molar-refractivity contribution in [2.24, 2.45) is 0 Å². The zero-order chi connectivity index (χ0) is 10.4. The van der Waals surface area contributed by atoms with E-state index >= 15 is 0 Å². The Hall–Kier alpha value is -0.800. The lowest BCUT2D eigenvalue weighted by Gasteiger charge is -2.00. The standard InChI is InChI=1S/C10H12ClNOS/c1-8-6-14-7-9(8)10(13)12-5-3-2-4-11/h2-3,6-7H,4-5H2,1H3,(H,12,13)/b3-2+. The number of halogens is 1. The molecule has 2 nitrogen and oxygen atoms in total. The molecule has 0 aliphatic heterocycles. The summed E-state index contributed by atoms with van der Waals surface area (Å²) in [5.74, 6) is 0.454. The van der Waals surface area contributed by atoms with Gasteiger partial charge in [-0.1, -0.05) is 12.2 Å². The fourth-order valence-electron chi connectivity index (χ4n) is 0.986. The molecule has 1 amide bonds. The minimum atomic E-state index is -0.0250. The summed E-state index contributed by atoms with van der Waals surface area (Å²) >= 11 is 6.98. The van der Waals surface area contributed by atoms with Crippen LogP contribution >= 0.6 is 22.9 Å². The number of aryl methyl sites for hydroxylation is 1. The summed E-state index contributed by atoms with van der Waals surface area (Å²) < 4.78 is 0. The van der Waals surface area contributed by atoms with Crippen molar-refractivity contribution in [2.75, 3.05) is 12.4 Å². The summed E-state index contributed by atoms with van der Waals surface area (Å²) in [6, 6.07) is 0. The van der Waals surface area contributed by atoms with Crippen LogP contribution in [-0.2, 0) is 0 Å². The molecule has 76 valence electrons. The third-order valence-corrected chi connectivity index (χ3v) is 2.78. The van der Waals surface area contributed by atoms with E-state index in [-0.39, 0.29) is 5.91 Å². The van der Waals surface area contributed by atoms with Crippen molar-refractivity contribution in [3.63, 3.8) is 0 Å². The van der Waals surface area contributed by atoms with Crippen LogP contribution in [0.15, 0.2) is 22.9 Å². The van der Waals surface area contributed by atoms with Crippen molar-refractivity contribution in [1.82, 2.24) is 5.32 Å². The molecule has 1 N–H and O–H groups in total. The van der Waals surface area contributed by atoms with Crippen molar-refractivity contribution >= 4 is 28.8 Å². The van der Waals surface area contributed by atoms with Gasteiger partial charge in [0.2, 0.25) is 0 Å². The number of carbonyl (C=O) groups is 1. The van der Waals surface area contributed by atoms with Gasteiger partial charge in [-0.05, 0) is 17.9 Å². The average molecular weight is 230 g/mol. The van der Waals surface area contributed by atoms with Crippen LogP contribution in [0.4, 0.5) is 0 Å². The van der Waals surface area contributed by atoms with Crippen molar-refractivity contribution in [2.45, 2.75) is 6.92 Å². The van der Waals surface area contributed by atoms with Gasteiger partial charge in [-0.2, -0.15) is 11.3 Å². The van der Waals surface area contributed by atoms with E-state index in [0.717, 1.165) is 11.1 Å². The van der Waals surface area contributed by atoms with E-state index in [9.17, 15) is 4.79 Å². The normalized spacial score (nSPS) is 10.7. The van der Waals surface area contributed by atoms with E-state index in [4.69, 9.17) is 11.6 Å². The molecule has 0 spiro atoms. The zero-order valence-corrected chi connectivity index (χ0v) is 9.49. The highest BCUT2D eigenvalue weighted by atomic mass is 35.5. The fourth-order valence-corrected chi connectivity index (χ4v) is 1.94. The molecule has 0 fully saturated rings. The van der Waals surface area contributed by atoms with Crippen LogP contribution in [0.5, 0.6) is 0 Å². The molecule has 0 bridgehead atoms. The van der Waals surface area contributed by atoms with Crippen molar-refractivity contribution < 1.29 is 4.79 Å². The van der Waals surface area contributed by atoms with Crippen LogP contribution in [0.3, 0.4) is 0 Å². The molecular formula is C10H12ClNOS. The third-order valence-electron chi connectivity index (χ3n) is 1.74. The lowest BCUT2D eigenvalue weighted by Crippen LogP contribution is -2.23. The molecule has 1 rings (SSSR count). The molecule has 0 atom stereocenters. The first-order chi connectivity index (χ1) is 6.75. The molecular weight excluding hydrogens is 218 g/mol. The van der Waals surface area contributed by atoms with Crippen LogP contribution in [-0.4, -0.2) is 18.3 Å². The van der Waals surface area contributed by atoms with Gasteiger partial charge in [0.25, 0.3) is 5.91 Å². The van der Waals surface area contributed by atoms with Gasteiger partial charge in [-0.3, -0.25) is 4.79 Å². The minimum absolute atomic E-state index is 0.0250. The Balaban J connectivity index is 2.44. The van der Waals surface area contributed by atoms with E-state index in [1.807, 2.05) is 29.8 Å². The molecule has 0 aliphatic carbocycles. The molecule has 0 aromatic carbocycles. The van der Waals surface area contributed by atoms with Gasteiger partial charge in [-0.25, -0.2) is 0 Å². The molecule has 0 aliphatic rings. The molecule has 0 saturated heterocycles. The second-order valence-corrected chi connectivity index (χ2v) is 3.86. The zero-order valence-electron chi connectivity index (χ0n) is 7.92. The van der Waals surface area contributed by atoms with Gasteiger partial charge in [0.15, 0.2) is 0 Å². The molecule has 4 heteroatoms. The highest BCUT2D eigenvalue weighted by Gasteiger charge is 2.07. The molecule has 1 heterocycles. The van der Waals surface area contributed by atoms with Gasteiger partial charge in [0, 0.05) is 17.8 Å². The molecule has 14 heavy (non-hydrogen) atoms. The van der Waals surface area contributed by atoms with E-state index in [1.54, 1.807) is 0 Å². The first kappa shape index (κ1) is 11.3. The number of nitrogens with one attached hydrogen (secondary N) is 1. The predicted octanol–water partition coefficient (Wildman–Crippen LogP) is 2.58. The lowest BCUT2D eigenvalue weighted by molar-refractivity contribution is 0.0958. The Bertz CT molecular complexity index is 333. The SMILES string of the molecule is Cc1cscc1C(=O)NC/C=C/CCl. The van der Waals surface area contributed by atoms with Gasteiger partial charge in [0.1, 0.15) is 0 Å². The Morgan fingerprint density at radius 1 is 1.57 bits per heavy atom. The summed E-state index contributed by atoms with van der Waals surface area (Å²) in [4.78, 5) is 11.5. The summed E-state index contributed by atoms with van der Waals surface area (Å²) in [5.41, 5.74) is 1.78. The maximum atomic E-state index is 11.5. The number of hydrogen-bond donors (Lipinski definition) is 1. The summed E-state index contributed by atoms with van der Waals surface area (Å²) in [7, 11) is 0.